The Labute approximate surface area is 84.2 Å². The van der Waals surface area contributed by atoms with Crippen molar-refractivity contribution in [1.82, 2.24) is 0 Å². The van der Waals surface area contributed by atoms with Crippen LogP contribution in [0.3, 0.4) is 0 Å². The van der Waals surface area contributed by atoms with Crippen LogP contribution in [0.15, 0.2) is 29.2 Å². The van der Waals surface area contributed by atoms with Gasteiger partial charge in [-0.3, -0.25) is 4.18 Å². The molecule has 0 aromatic heterocycles. The zero-order chi connectivity index (χ0) is 10.6. The highest BCUT2D eigenvalue weighted by Gasteiger charge is 2.14. The van der Waals surface area contributed by atoms with Crippen molar-refractivity contribution in [2.45, 2.75) is 11.8 Å². The molecular formula is C9H10O4S. The lowest BCUT2D eigenvalue weighted by molar-refractivity contribution is 0.0692. The van der Waals surface area contributed by atoms with Gasteiger partial charge in [0.1, 0.15) is 0 Å². The van der Waals surface area contributed by atoms with Crippen LogP contribution in [0.25, 0.3) is 0 Å². The van der Waals surface area contributed by atoms with Gasteiger partial charge in [0.15, 0.2) is 11.1 Å². The van der Waals surface area contributed by atoms with E-state index in [9.17, 15) is 9.00 Å². The Morgan fingerprint density at radius 3 is 2.71 bits per heavy atom. The quantitative estimate of drug-likeness (QED) is 0.823. The van der Waals surface area contributed by atoms with Gasteiger partial charge in [-0.2, -0.15) is 0 Å². The predicted octanol–water partition coefficient (Wildman–Crippen LogP) is 1.44. The molecule has 1 aromatic carbocycles. The molecule has 1 rings (SSSR count). The standard InChI is InChI=1S/C9H10O4S/c1-2-13-14(12)8-6-4-3-5-7(8)9(10)11/h3-6H,2H2,1H3,(H,10,11). The van der Waals surface area contributed by atoms with Crippen LogP contribution in [0.4, 0.5) is 0 Å². The molecule has 1 atom stereocenters. The largest absolute Gasteiger partial charge is 0.478 e. The normalized spacial score (nSPS) is 12.4. The third kappa shape index (κ3) is 2.40. The molecule has 4 nitrogen and oxygen atoms in total. The van der Waals surface area contributed by atoms with E-state index in [0.29, 0.717) is 0 Å². The number of benzene rings is 1. The summed E-state index contributed by atoms with van der Waals surface area (Å²) in [4.78, 5) is 10.9. The Morgan fingerprint density at radius 2 is 2.14 bits per heavy atom. The van der Waals surface area contributed by atoms with Crippen molar-refractivity contribution in [2.24, 2.45) is 0 Å². The molecule has 0 aliphatic rings. The third-order valence-corrected chi connectivity index (χ3v) is 2.69. The first kappa shape index (κ1) is 10.9. The molecule has 1 aromatic rings. The lowest BCUT2D eigenvalue weighted by atomic mass is 10.2. The average molecular weight is 214 g/mol. The highest BCUT2D eigenvalue weighted by atomic mass is 32.2. The van der Waals surface area contributed by atoms with E-state index in [1.165, 1.54) is 12.1 Å². The van der Waals surface area contributed by atoms with Gasteiger partial charge in [0.05, 0.1) is 17.1 Å². The number of carboxylic acids is 1. The second kappa shape index (κ2) is 4.88. The molecule has 0 spiro atoms. The van der Waals surface area contributed by atoms with Crippen LogP contribution >= 0.6 is 0 Å². The number of carboxylic acid groups (broad SMARTS) is 1. The Hall–Kier alpha value is -1.20. The summed E-state index contributed by atoms with van der Waals surface area (Å²) in [5, 5.41) is 8.79. The summed E-state index contributed by atoms with van der Waals surface area (Å²) in [5.41, 5.74) is 0.0132. The molecule has 0 aliphatic heterocycles. The molecule has 0 amide bonds. The highest BCUT2D eigenvalue weighted by molar-refractivity contribution is 7.80. The molecule has 1 unspecified atom stereocenters. The highest BCUT2D eigenvalue weighted by Crippen LogP contribution is 2.14. The molecule has 1 N–H and O–H groups in total. The van der Waals surface area contributed by atoms with E-state index < -0.39 is 17.0 Å². The Morgan fingerprint density at radius 1 is 1.50 bits per heavy atom. The van der Waals surface area contributed by atoms with E-state index in [1.807, 2.05) is 0 Å². The molecule has 5 heteroatoms. The second-order valence-electron chi connectivity index (χ2n) is 2.44. The first-order valence-electron chi connectivity index (χ1n) is 4.04. The zero-order valence-electron chi connectivity index (χ0n) is 7.60. The number of hydrogen-bond acceptors (Lipinski definition) is 3. The Bertz CT molecular complexity index is 362. The van der Waals surface area contributed by atoms with Crippen molar-refractivity contribution in [1.29, 1.82) is 0 Å². The van der Waals surface area contributed by atoms with Crippen molar-refractivity contribution in [2.75, 3.05) is 6.61 Å². The van der Waals surface area contributed by atoms with Crippen LogP contribution in [0, 0.1) is 0 Å². The lowest BCUT2D eigenvalue weighted by Gasteiger charge is -2.03. The minimum Gasteiger partial charge on any atom is -0.478 e. The van der Waals surface area contributed by atoms with E-state index in [-0.39, 0.29) is 17.1 Å². The van der Waals surface area contributed by atoms with Gasteiger partial charge in [-0.25, -0.2) is 9.00 Å². The molecule has 14 heavy (non-hydrogen) atoms. The van der Waals surface area contributed by atoms with Gasteiger partial charge < -0.3 is 5.11 Å². The monoisotopic (exact) mass is 214 g/mol. The molecule has 0 fully saturated rings. The fourth-order valence-corrected chi connectivity index (χ4v) is 1.82. The van der Waals surface area contributed by atoms with Crippen LogP contribution in [0.2, 0.25) is 0 Å². The fourth-order valence-electron chi connectivity index (χ4n) is 0.959. The number of carbonyl (C=O) groups is 1. The number of aromatic carboxylic acids is 1. The average Bonchev–Trinajstić information content (AvgIpc) is 2.18. The van der Waals surface area contributed by atoms with E-state index in [2.05, 4.69) is 0 Å². The molecule has 0 saturated carbocycles. The third-order valence-electron chi connectivity index (χ3n) is 1.52. The van der Waals surface area contributed by atoms with Crippen molar-refractivity contribution in [3.05, 3.63) is 29.8 Å². The zero-order valence-corrected chi connectivity index (χ0v) is 8.41. The van der Waals surface area contributed by atoms with E-state index >= 15 is 0 Å². The van der Waals surface area contributed by atoms with Crippen LogP contribution in [0.1, 0.15) is 17.3 Å². The molecular weight excluding hydrogens is 204 g/mol. The van der Waals surface area contributed by atoms with Gasteiger partial charge in [0.2, 0.25) is 0 Å². The van der Waals surface area contributed by atoms with Crippen LogP contribution in [0.5, 0.6) is 0 Å². The number of hydrogen-bond donors (Lipinski definition) is 1. The van der Waals surface area contributed by atoms with Crippen molar-refractivity contribution in [3.63, 3.8) is 0 Å². The predicted molar refractivity (Wildman–Crippen MR) is 51.4 cm³/mol. The maximum atomic E-state index is 11.4. The van der Waals surface area contributed by atoms with Gasteiger partial charge in [0, 0.05) is 0 Å². The number of rotatable bonds is 4. The molecule has 76 valence electrons. The summed E-state index contributed by atoms with van der Waals surface area (Å²) < 4.78 is 16.2. The van der Waals surface area contributed by atoms with Gasteiger partial charge >= 0.3 is 5.97 Å². The van der Waals surface area contributed by atoms with Gasteiger partial charge in [-0.15, -0.1) is 0 Å². The van der Waals surface area contributed by atoms with E-state index in [4.69, 9.17) is 9.29 Å². The summed E-state index contributed by atoms with van der Waals surface area (Å²) >= 11 is -1.70. The molecule has 0 saturated heterocycles. The Balaban J connectivity index is 3.07. The minimum absolute atomic E-state index is 0.0132. The first-order valence-corrected chi connectivity index (χ1v) is 5.11. The van der Waals surface area contributed by atoms with Gasteiger partial charge in [-0.05, 0) is 19.1 Å². The first-order chi connectivity index (χ1) is 6.66. The molecule has 0 bridgehead atoms. The smallest absolute Gasteiger partial charge is 0.337 e. The summed E-state index contributed by atoms with van der Waals surface area (Å²) in [6.45, 7) is 1.97. The molecule has 0 radical (unpaired) electrons. The maximum absolute atomic E-state index is 11.4. The van der Waals surface area contributed by atoms with Crippen molar-refractivity contribution >= 4 is 17.0 Å². The second-order valence-corrected chi connectivity index (χ2v) is 3.59. The SMILES string of the molecule is CCOS(=O)c1ccccc1C(=O)O. The van der Waals surface area contributed by atoms with Crippen molar-refractivity contribution in [3.8, 4) is 0 Å². The van der Waals surface area contributed by atoms with Gasteiger partial charge in [0.25, 0.3) is 0 Å². The minimum atomic E-state index is -1.70. The fraction of sp³-hybridized carbons (Fsp3) is 0.222. The van der Waals surface area contributed by atoms with E-state index in [1.54, 1.807) is 19.1 Å². The summed E-state index contributed by atoms with van der Waals surface area (Å²) in [7, 11) is 0. The molecule has 0 aliphatic carbocycles. The Kier molecular flexibility index (Phi) is 3.79. The summed E-state index contributed by atoms with van der Waals surface area (Å²) in [6.07, 6.45) is 0. The van der Waals surface area contributed by atoms with Crippen LogP contribution in [-0.2, 0) is 15.3 Å². The maximum Gasteiger partial charge on any atom is 0.337 e. The lowest BCUT2D eigenvalue weighted by Crippen LogP contribution is -2.06. The van der Waals surface area contributed by atoms with Crippen molar-refractivity contribution < 1.29 is 18.3 Å². The van der Waals surface area contributed by atoms with Gasteiger partial charge in [-0.1, -0.05) is 12.1 Å². The summed E-state index contributed by atoms with van der Waals surface area (Å²) in [5.74, 6) is -1.10. The summed E-state index contributed by atoms with van der Waals surface area (Å²) in [6, 6.07) is 6.08. The topological polar surface area (TPSA) is 63.6 Å². The van der Waals surface area contributed by atoms with E-state index in [0.717, 1.165) is 0 Å². The van der Waals surface area contributed by atoms with Crippen LogP contribution in [-0.4, -0.2) is 21.9 Å². The van der Waals surface area contributed by atoms with Crippen LogP contribution < -0.4 is 0 Å². The molecule has 0 heterocycles.